The van der Waals surface area contributed by atoms with Gasteiger partial charge in [0.1, 0.15) is 5.82 Å². The monoisotopic (exact) mass is 227 g/mol. The Kier molecular flexibility index (Phi) is 3.44. The van der Waals surface area contributed by atoms with Gasteiger partial charge in [0, 0.05) is 0 Å². The van der Waals surface area contributed by atoms with Crippen LogP contribution in [0, 0.1) is 5.82 Å². The van der Waals surface area contributed by atoms with Gasteiger partial charge in [-0.2, -0.15) is 0 Å². The van der Waals surface area contributed by atoms with Crippen molar-refractivity contribution in [2.75, 3.05) is 5.73 Å². The fraction of sp³-hybridized carbons (Fsp3) is 0.200. The molecule has 0 heterocycles. The molecule has 1 aromatic rings. The van der Waals surface area contributed by atoms with Crippen LogP contribution in [0.2, 0.25) is 0 Å². The summed E-state index contributed by atoms with van der Waals surface area (Å²) in [6.07, 6.45) is -1.28. The van der Waals surface area contributed by atoms with Gasteiger partial charge in [-0.15, -0.1) is 0 Å². The van der Waals surface area contributed by atoms with Crippen LogP contribution >= 0.6 is 0 Å². The van der Waals surface area contributed by atoms with Crippen LogP contribution < -0.4 is 5.73 Å². The predicted octanol–water partition coefficient (Wildman–Crippen LogP) is 1.04. The number of esters is 1. The van der Waals surface area contributed by atoms with Crippen LogP contribution in [0.4, 0.5) is 10.1 Å². The molecule has 1 atom stereocenters. The van der Waals surface area contributed by atoms with Crippen LogP contribution in [0.25, 0.3) is 0 Å². The van der Waals surface area contributed by atoms with Gasteiger partial charge in [-0.25, -0.2) is 14.0 Å². The maximum Gasteiger partial charge on any atom is 0.344 e. The molecule has 0 saturated heterocycles. The molecule has 1 aromatic carbocycles. The standard InChI is InChI=1S/C10H10FNO4/c1-5(9(13)14)16-10(15)6-2-3-8(12)7(11)4-6/h2-5H,12H2,1H3,(H,13,14). The Labute approximate surface area is 90.6 Å². The summed E-state index contributed by atoms with van der Waals surface area (Å²) in [4.78, 5) is 21.7. The van der Waals surface area contributed by atoms with Crippen LogP contribution in [0.15, 0.2) is 18.2 Å². The maximum absolute atomic E-state index is 13.0. The minimum Gasteiger partial charge on any atom is -0.479 e. The molecule has 0 aliphatic heterocycles. The topological polar surface area (TPSA) is 89.6 Å². The van der Waals surface area contributed by atoms with Gasteiger partial charge >= 0.3 is 11.9 Å². The molecule has 1 rings (SSSR count). The third-order valence-corrected chi connectivity index (χ3v) is 1.87. The third kappa shape index (κ3) is 2.69. The number of rotatable bonds is 3. The second-order valence-corrected chi connectivity index (χ2v) is 3.12. The number of anilines is 1. The first-order valence-corrected chi connectivity index (χ1v) is 4.40. The van der Waals surface area contributed by atoms with Crippen molar-refractivity contribution in [1.82, 2.24) is 0 Å². The van der Waals surface area contributed by atoms with E-state index in [9.17, 15) is 14.0 Å². The Morgan fingerprint density at radius 3 is 2.62 bits per heavy atom. The lowest BCUT2D eigenvalue weighted by Gasteiger charge is -2.08. The van der Waals surface area contributed by atoms with E-state index in [4.69, 9.17) is 10.8 Å². The summed E-state index contributed by atoms with van der Waals surface area (Å²) < 4.78 is 17.5. The SMILES string of the molecule is CC(OC(=O)c1ccc(N)c(F)c1)C(=O)O. The fourth-order valence-corrected chi connectivity index (χ4v) is 0.933. The van der Waals surface area contributed by atoms with Crippen LogP contribution in [0.5, 0.6) is 0 Å². The van der Waals surface area contributed by atoms with Crippen molar-refractivity contribution in [2.45, 2.75) is 13.0 Å². The van der Waals surface area contributed by atoms with Crippen molar-refractivity contribution in [3.8, 4) is 0 Å². The Balaban J connectivity index is 2.81. The quantitative estimate of drug-likeness (QED) is 0.594. The summed E-state index contributed by atoms with van der Waals surface area (Å²) in [6, 6.07) is 3.36. The summed E-state index contributed by atoms with van der Waals surface area (Å²) >= 11 is 0. The van der Waals surface area contributed by atoms with E-state index in [2.05, 4.69) is 4.74 Å². The zero-order valence-corrected chi connectivity index (χ0v) is 8.44. The largest absolute Gasteiger partial charge is 0.479 e. The molecule has 6 heteroatoms. The highest BCUT2D eigenvalue weighted by Gasteiger charge is 2.18. The Bertz CT molecular complexity index is 433. The van der Waals surface area contributed by atoms with E-state index in [-0.39, 0.29) is 11.3 Å². The van der Waals surface area contributed by atoms with Crippen molar-refractivity contribution in [3.63, 3.8) is 0 Å². The molecule has 16 heavy (non-hydrogen) atoms. The average molecular weight is 227 g/mol. The Morgan fingerprint density at radius 2 is 2.12 bits per heavy atom. The molecular formula is C10H10FNO4. The lowest BCUT2D eigenvalue weighted by molar-refractivity contribution is -0.146. The number of carboxylic acids is 1. The van der Waals surface area contributed by atoms with Crippen LogP contribution in [0.1, 0.15) is 17.3 Å². The van der Waals surface area contributed by atoms with Gasteiger partial charge in [0.2, 0.25) is 0 Å². The number of nitrogen functional groups attached to an aromatic ring is 1. The number of carbonyl (C=O) groups is 2. The molecule has 3 N–H and O–H groups in total. The molecule has 0 aromatic heterocycles. The number of carbonyl (C=O) groups excluding carboxylic acids is 1. The van der Waals surface area contributed by atoms with Crippen molar-refractivity contribution < 1.29 is 23.8 Å². The molecule has 0 aliphatic rings. The molecule has 0 amide bonds. The highest BCUT2D eigenvalue weighted by Crippen LogP contribution is 2.13. The molecular weight excluding hydrogens is 217 g/mol. The van der Waals surface area contributed by atoms with Crippen LogP contribution in [-0.4, -0.2) is 23.1 Å². The summed E-state index contributed by atoms with van der Waals surface area (Å²) in [7, 11) is 0. The normalized spacial score (nSPS) is 11.9. The van der Waals surface area contributed by atoms with Gasteiger partial charge in [-0.1, -0.05) is 0 Å². The van der Waals surface area contributed by atoms with Gasteiger partial charge < -0.3 is 15.6 Å². The van der Waals surface area contributed by atoms with E-state index in [0.717, 1.165) is 6.07 Å². The van der Waals surface area contributed by atoms with Crippen molar-refractivity contribution in [1.29, 1.82) is 0 Å². The number of aliphatic carboxylic acids is 1. The van der Waals surface area contributed by atoms with E-state index < -0.39 is 23.9 Å². The lowest BCUT2D eigenvalue weighted by atomic mass is 10.2. The second kappa shape index (κ2) is 4.61. The minimum atomic E-state index is -1.28. The molecule has 0 bridgehead atoms. The summed E-state index contributed by atoms with van der Waals surface area (Å²) in [6.45, 7) is 1.20. The summed E-state index contributed by atoms with van der Waals surface area (Å²) in [5, 5.41) is 8.51. The van der Waals surface area contributed by atoms with Gasteiger partial charge in [0.05, 0.1) is 11.3 Å². The Hall–Kier alpha value is -2.11. The van der Waals surface area contributed by atoms with Gasteiger partial charge in [0.15, 0.2) is 6.10 Å². The highest BCUT2D eigenvalue weighted by atomic mass is 19.1. The first-order valence-electron chi connectivity index (χ1n) is 4.40. The highest BCUT2D eigenvalue weighted by molar-refractivity contribution is 5.91. The number of carboxylic acid groups (broad SMARTS) is 1. The molecule has 1 unspecified atom stereocenters. The van der Waals surface area contributed by atoms with Crippen molar-refractivity contribution >= 4 is 17.6 Å². The Morgan fingerprint density at radius 1 is 1.50 bits per heavy atom. The van der Waals surface area contributed by atoms with E-state index >= 15 is 0 Å². The van der Waals surface area contributed by atoms with Gasteiger partial charge in [-0.3, -0.25) is 0 Å². The van der Waals surface area contributed by atoms with E-state index in [1.54, 1.807) is 0 Å². The fourth-order valence-electron chi connectivity index (χ4n) is 0.933. The molecule has 0 spiro atoms. The number of hydrogen-bond acceptors (Lipinski definition) is 4. The molecule has 0 radical (unpaired) electrons. The molecule has 0 saturated carbocycles. The number of ether oxygens (including phenoxy) is 1. The third-order valence-electron chi connectivity index (χ3n) is 1.87. The first-order chi connectivity index (χ1) is 7.41. The molecule has 5 nitrogen and oxygen atoms in total. The summed E-state index contributed by atoms with van der Waals surface area (Å²) in [5.74, 6) is -2.93. The predicted molar refractivity (Wildman–Crippen MR) is 53.3 cm³/mol. The van der Waals surface area contributed by atoms with Gasteiger partial charge in [0.25, 0.3) is 0 Å². The second-order valence-electron chi connectivity index (χ2n) is 3.12. The molecule has 86 valence electrons. The van der Waals surface area contributed by atoms with Crippen molar-refractivity contribution in [3.05, 3.63) is 29.6 Å². The van der Waals surface area contributed by atoms with Crippen LogP contribution in [-0.2, 0) is 9.53 Å². The number of halogens is 1. The van der Waals surface area contributed by atoms with Gasteiger partial charge in [-0.05, 0) is 25.1 Å². The van der Waals surface area contributed by atoms with E-state index in [1.165, 1.54) is 19.1 Å². The smallest absolute Gasteiger partial charge is 0.344 e. The van der Waals surface area contributed by atoms with Crippen LogP contribution in [0.3, 0.4) is 0 Å². The van der Waals surface area contributed by atoms with E-state index in [0.29, 0.717) is 0 Å². The number of benzene rings is 1. The zero-order chi connectivity index (χ0) is 12.3. The minimum absolute atomic E-state index is 0.0835. The molecule has 0 aliphatic carbocycles. The first kappa shape index (κ1) is 12.0. The van der Waals surface area contributed by atoms with Crippen molar-refractivity contribution in [2.24, 2.45) is 0 Å². The number of hydrogen-bond donors (Lipinski definition) is 2. The number of nitrogens with two attached hydrogens (primary N) is 1. The maximum atomic E-state index is 13.0. The average Bonchev–Trinajstić information content (AvgIpc) is 2.21. The van der Waals surface area contributed by atoms with E-state index in [1.807, 2.05) is 0 Å². The zero-order valence-electron chi connectivity index (χ0n) is 8.44. The summed E-state index contributed by atoms with van der Waals surface area (Å²) in [5.41, 5.74) is 5.04. The molecule has 0 fully saturated rings. The lowest BCUT2D eigenvalue weighted by Crippen LogP contribution is -2.23.